The first-order valence-corrected chi connectivity index (χ1v) is 6.29. The first-order chi connectivity index (χ1) is 7.49. The van der Waals surface area contributed by atoms with E-state index in [1.54, 1.807) is 11.8 Å². The van der Waals surface area contributed by atoms with Gasteiger partial charge in [0.2, 0.25) is 11.9 Å². The average molecular weight is 241 g/mol. The standard InChI is InChI=1S/C10H19N5S/c1-7(2)5-6-16-10-13-8(11)12-9(14-10)15(3)4/h7H,5-6H2,1-4H3,(H2,11,12,13,14). The van der Waals surface area contributed by atoms with Crippen molar-refractivity contribution in [3.05, 3.63) is 0 Å². The summed E-state index contributed by atoms with van der Waals surface area (Å²) in [5.74, 6) is 2.60. The Morgan fingerprint density at radius 2 is 1.94 bits per heavy atom. The minimum absolute atomic E-state index is 0.283. The van der Waals surface area contributed by atoms with Crippen LogP contribution in [0.4, 0.5) is 11.9 Å². The Hall–Kier alpha value is -1.04. The lowest BCUT2D eigenvalue weighted by molar-refractivity contribution is 0.631. The van der Waals surface area contributed by atoms with Gasteiger partial charge in [0.1, 0.15) is 0 Å². The fourth-order valence-corrected chi connectivity index (χ4v) is 2.09. The fraction of sp³-hybridized carbons (Fsp3) is 0.700. The van der Waals surface area contributed by atoms with Crippen molar-refractivity contribution in [1.82, 2.24) is 15.0 Å². The van der Waals surface area contributed by atoms with Gasteiger partial charge < -0.3 is 10.6 Å². The SMILES string of the molecule is CC(C)CCSc1nc(N)nc(N(C)C)n1. The molecule has 0 saturated heterocycles. The predicted octanol–water partition coefficient (Wildman–Crippen LogP) is 1.66. The second kappa shape index (κ2) is 5.89. The van der Waals surface area contributed by atoms with E-state index in [1.807, 2.05) is 19.0 Å². The molecule has 0 bridgehead atoms. The minimum Gasteiger partial charge on any atom is -0.368 e. The third kappa shape index (κ3) is 4.22. The number of nitrogen functional groups attached to an aromatic ring is 1. The zero-order chi connectivity index (χ0) is 12.1. The molecule has 1 aromatic rings. The summed E-state index contributed by atoms with van der Waals surface area (Å²) in [7, 11) is 3.77. The van der Waals surface area contributed by atoms with Crippen molar-refractivity contribution in [1.29, 1.82) is 0 Å². The van der Waals surface area contributed by atoms with E-state index in [0.29, 0.717) is 17.0 Å². The third-order valence-corrected chi connectivity index (χ3v) is 2.83. The number of nitrogens with two attached hydrogens (primary N) is 1. The van der Waals surface area contributed by atoms with E-state index in [2.05, 4.69) is 28.8 Å². The van der Waals surface area contributed by atoms with Gasteiger partial charge in [-0.25, -0.2) is 0 Å². The summed E-state index contributed by atoms with van der Waals surface area (Å²) >= 11 is 1.63. The molecule has 16 heavy (non-hydrogen) atoms. The second-order valence-corrected chi connectivity index (χ2v) is 5.26. The van der Waals surface area contributed by atoms with Crippen molar-refractivity contribution in [2.24, 2.45) is 5.92 Å². The molecular weight excluding hydrogens is 222 g/mol. The van der Waals surface area contributed by atoms with Gasteiger partial charge in [-0.3, -0.25) is 0 Å². The van der Waals surface area contributed by atoms with Crippen molar-refractivity contribution >= 4 is 23.7 Å². The van der Waals surface area contributed by atoms with Gasteiger partial charge in [-0.1, -0.05) is 25.6 Å². The van der Waals surface area contributed by atoms with Crippen LogP contribution >= 0.6 is 11.8 Å². The van der Waals surface area contributed by atoms with Crippen molar-refractivity contribution in [2.75, 3.05) is 30.5 Å². The monoisotopic (exact) mass is 241 g/mol. The highest BCUT2D eigenvalue weighted by Crippen LogP contribution is 2.18. The van der Waals surface area contributed by atoms with Crippen molar-refractivity contribution in [3.63, 3.8) is 0 Å². The van der Waals surface area contributed by atoms with Gasteiger partial charge in [0.25, 0.3) is 0 Å². The molecule has 0 atom stereocenters. The Morgan fingerprint density at radius 3 is 2.50 bits per heavy atom. The van der Waals surface area contributed by atoms with E-state index in [9.17, 15) is 0 Å². The van der Waals surface area contributed by atoms with Crippen molar-refractivity contribution in [2.45, 2.75) is 25.4 Å². The maximum Gasteiger partial charge on any atom is 0.230 e. The van der Waals surface area contributed by atoms with E-state index in [-0.39, 0.29) is 5.95 Å². The summed E-state index contributed by atoms with van der Waals surface area (Å²) in [5, 5.41) is 0.705. The van der Waals surface area contributed by atoms with Crippen LogP contribution in [-0.2, 0) is 0 Å². The molecule has 6 heteroatoms. The van der Waals surface area contributed by atoms with Crippen LogP contribution in [0, 0.1) is 5.92 Å². The Morgan fingerprint density at radius 1 is 1.25 bits per heavy atom. The molecule has 0 aromatic carbocycles. The first-order valence-electron chi connectivity index (χ1n) is 5.30. The normalized spacial score (nSPS) is 10.8. The molecule has 0 amide bonds. The van der Waals surface area contributed by atoms with Gasteiger partial charge in [0, 0.05) is 19.8 Å². The van der Waals surface area contributed by atoms with Crippen LogP contribution in [0.3, 0.4) is 0 Å². The molecule has 0 aliphatic heterocycles. The molecule has 0 spiro atoms. The van der Waals surface area contributed by atoms with Gasteiger partial charge >= 0.3 is 0 Å². The maximum atomic E-state index is 5.63. The maximum absolute atomic E-state index is 5.63. The van der Waals surface area contributed by atoms with Crippen molar-refractivity contribution < 1.29 is 0 Å². The number of nitrogens with zero attached hydrogens (tertiary/aromatic N) is 4. The molecule has 0 aliphatic rings. The molecule has 5 nitrogen and oxygen atoms in total. The molecule has 0 fully saturated rings. The zero-order valence-electron chi connectivity index (χ0n) is 10.3. The Kier molecular flexibility index (Phi) is 4.79. The van der Waals surface area contributed by atoms with E-state index < -0.39 is 0 Å². The third-order valence-electron chi connectivity index (χ3n) is 1.95. The highest BCUT2D eigenvalue weighted by Gasteiger charge is 2.06. The van der Waals surface area contributed by atoms with Crippen molar-refractivity contribution in [3.8, 4) is 0 Å². The lowest BCUT2D eigenvalue weighted by atomic mass is 10.2. The molecule has 0 saturated carbocycles. The van der Waals surface area contributed by atoms with Crippen LogP contribution in [0.5, 0.6) is 0 Å². The Labute approximate surface area is 101 Å². The molecule has 90 valence electrons. The molecule has 0 unspecified atom stereocenters. The number of hydrogen-bond acceptors (Lipinski definition) is 6. The number of anilines is 2. The smallest absolute Gasteiger partial charge is 0.230 e. The molecule has 1 aromatic heterocycles. The quantitative estimate of drug-likeness (QED) is 0.791. The molecular formula is C10H19N5S. The molecule has 2 N–H and O–H groups in total. The second-order valence-electron chi connectivity index (χ2n) is 4.20. The largest absolute Gasteiger partial charge is 0.368 e. The van der Waals surface area contributed by atoms with Crippen LogP contribution in [0.2, 0.25) is 0 Å². The van der Waals surface area contributed by atoms with E-state index in [0.717, 1.165) is 12.2 Å². The topological polar surface area (TPSA) is 67.9 Å². The lowest BCUT2D eigenvalue weighted by Gasteiger charge is -2.11. The van der Waals surface area contributed by atoms with Gasteiger partial charge in [0.05, 0.1) is 0 Å². The molecule has 0 aliphatic carbocycles. The molecule has 1 heterocycles. The van der Waals surface area contributed by atoms with Crippen LogP contribution in [0.25, 0.3) is 0 Å². The number of aromatic nitrogens is 3. The average Bonchev–Trinajstić information content (AvgIpc) is 2.16. The Balaban J connectivity index is 2.65. The Bertz CT molecular complexity index is 340. The highest BCUT2D eigenvalue weighted by atomic mass is 32.2. The summed E-state index contributed by atoms with van der Waals surface area (Å²) in [4.78, 5) is 14.3. The van der Waals surface area contributed by atoms with E-state index in [1.165, 1.54) is 0 Å². The summed E-state index contributed by atoms with van der Waals surface area (Å²) in [5.41, 5.74) is 5.63. The van der Waals surface area contributed by atoms with Gasteiger partial charge in [-0.2, -0.15) is 15.0 Å². The molecule has 0 radical (unpaired) electrons. The summed E-state index contributed by atoms with van der Waals surface area (Å²) in [6.45, 7) is 4.40. The van der Waals surface area contributed by atoms with Gasteiger partial charge in [0.15, 0.2) is 5.16 Å². The van der Waals surface area contributed by atoms with Gasteiger partial charge in [-0.15, -0.1) is 0 Å². The fourth-order valence-electron chi connectivity index (χ4n) is 1.01. The number of thioether (sulfide) groups is 1. The summed E-state index contributed by atoms with van der Waals surface area (Å²) in [6, 6.07) is 0. The van der Waals surface area contributed by atoms with E-state index >= 15 is 0 Å². The van der Waals surface area contributed by atoms with Crippen LogP contribution < -0.4 is 10.6 Å². The van der Waals surface area contributed by atoms with Crippen LogP contribution in [0.15, 0.2) is 5.16 Å². The predicted molar refractivity (Wildman–Crippen MR) is 68.7 cm³/mol. The van der Waals surface area contributed by atoms with E-state index in [4.69, 9.17) is 5.73 Å². The molecule has 1 rings (SSSR count). The minimum atomic E-state index is 0.283. The first kappa shape index (κ1) is 13.0. The summed E-state index contributed by atoms with van der Waals surface area (Å²) < 4.78 is 0. The highest BCUT2D eigenvalue weighted by molar-refractivity contribution is 7.99. The van der Waals surface area contributed by atoms with Gasteiger partial charge in [-0.05, 0) is 12.3 Å². The zero-order valence-corrected chi connectivity index (χ0v) is 11.1. The van der Waals surface area contributed by atoms with Crippen LogP contribution in [-0.4, -0.2) is 34.8 Å². The van der Waals surface area contributed by atoms with Crippen LogP contribution in [0.1, 0.15) is 20.3 Å². The number of rotatable bonds is 5. The number of hydrogen-bond donors (Lipinski definition) is 1. The lowest BCUT2D eigenvalue weighted by Crippen LogP contribution is -2.15. The summed E-state index contributed by atoms with van der Waals surface area (Å²) in [6.07, 6.45) is 1.15.